The zero-order valence-electron chi connectivity index (χ0n) is 13.8. The molecule has 1 N–H and O–H groups in total. The van der Waals surface area contributed by atoms with Crippen molar-refractivity contribution in [3.8, 4) is 0 Å². The molecule has 0 bridgehead atoms. The van der Waals surface area contributed by atoms with Gasteiger partial charge in [0, 0.05) is 0 Å². The summed E-state index contributed by atoms with van der Waals surface area (Å²) < 4.78 is 210. The Morgan fingerprint density at radius 2 is 0.800 bits per heavy atom. The highest BCUT2D eigenvalue weighted by atomic mass is 32.2. The molecule has 0 saturated heterocycles. The number of halogens is 14. The van der Waals surface area contributed by atoms with E-state index in [0.29, 0.717) is 0 Å². The number of alkyl halides is 14. The predicted octanol–water partition coefficient (Wildman–Crippen LogP) is 4.11. The van der Waals surface area contributed by atoms with Gasteiger partial charge in [0.2, 0.25) is 6.17 Å². The zero-order chi connectivity index (χ0) is 24.4. The van der Waals surface area contributed by atoms with Crippen LogP contribution >= 0.6 is 0 Å². The summed E-state index contributed by atoms with van der Waals surface area (Å²) >= 11 is 0. The second kappa shape index (κ2) is 10.5. The summed E-state index contributed by atoms with van der Waals surface area (Å²) in [5.41, 5.74) is -4.91. The van der Waals surface area contributed by atoms with Crippen LogP contribution in [0, 0.1) is 0 Å². The van der Waals surface area contributed by atoms with Gasteiger partial charge in [-0.15, -0.1) is 0 Å². The lowest BCUT2D eigenvalue weighted by Gasteiger charge is -2.29. The fourth-order valence-electron chi connectivity index (χ4n) is 1.89. The molecule has 0 rings (SSSR count). The Bertz CT molecular complexity index is 636. The molecule has 3 nitrogen and oxygen atoms in total. The van der Waals surface area contributed by atoms with Crippen molar-refractivity contribution in [1.82, 2.24) is 0 Å². The van der Waals surface area contributed by atoms with Crippen molar-refractivity contribution in [2.75, 3.05) is 0 Å². The van der Waals surface area contributed by atoms with E-state index in [1.165, 1.54) is 0 Å². The van der Waals surface area contributed by atoms with E-state index in [2.05, 4.69) is 0 Å². The molecule has 10 atom stereocenters. The molecule has 10 unspecified atom stereocenters. The van der Waals surface area contributed by atoms with Gasteiger partial charge >= 0.3 is 16.0 Å². The molecule has 0 fully saturated rings. The molecule has 0 saturated carbocycles. The highest BCUT2D eigenvalue weighted by Crippen LogP contribution is 2.37. The van der Waals surface area contributed by atoms with Gasteiger partial charge in [0.1, 0.15) is 0 Å². The van der Waals surface area contributed by atoms with Gasteiger partial charge in [-0.2, -0.15) is 17.2 Å². The standard InChI is InChI=1S/C12H12F14O3S/c13-1(2(14)4(16)6(18)8(20)10(22)23)3(15)5(17)7(19)9(21)12(25,26)11(24)30(27,28)29/h1-11H,(H,27,28,29). The number of rotatable bonds is 12. The third-order valence-corrected chi connectivity index (χ3v) is 4.42. The summed E-state index contributed by atoms with van der Waals surface area (Å²) in [6.45, 7) is 0. The maximum atomic E-state index is 13.4. The van der Waals surface area contributed by atoms with E-state index in [1.807, 2.05) is 0 Å². The maximum absolute atomic E-state index is 13.4. The van der Waals surface area contributed by atoms with Crippen LogP contribution in [-0.2, 0) is 10.1 Å². The van der Waals surface area contributed by atoms with Gasteiger partial charge in [-0.3, -0.25) is 4.55 Å². The number of hydrogen-bond acceptors (Lipinski definition) is 2. The van der Waals surface area contributed by atoms with Crippen LogP contribution in [0.2, 0.25) is 0 Å². The van der Waals surface area contributed by atoms with Crippen LogP contribution in [0.15, 0.2) is 0 Å². The first kappa shape index (κ1) is 28.9. The molecule has 0 aromatic carbocycles. The molecule has 18 heteroatoms. The summed E-state index contributed by atoms with van der Waals surface area (Å²) in [4.78, 5) is 0. The van der Waals surface area contributed by atoms with E-state index in [-0.39, 0.29) is 0 Å². The molecule has 0 radical (unpaired) electrons. The number of hydrogen-bond donors (Lipinski definition) is 1. The average Bonchev–Trinajstić information content (AvgIpc) is 2.66. The second-order valence-electron chi connectivity index (χ2n) is 5.80. The summed E-state index contributed by atoms with van der Waals surface area (Å²) in [5.74, 6) is -6.09. The lowest BCUT2D eigenvalue weighted by atomic mass is 9.95. The Balaban J connectivity index is 5.40. The van der Waals surface area contributed by atoms with Gasteiger partial charge in [0.25, 0.3) is 11.9 Å². The van der Waals surface area contributed by atoms with E-state index in [9.17, 15) is 69.9 Å². The molecule has 30 heavy (non-hydrogen) atoms. The van der Waals surface area contributed by atoms with Crippen molar-refractivity contribution < 1.29 is 74.4 Å². The van der Waals surface area contributed by atoms with Gasteiger partial charge in [-0.25, -0.2) is 52.7 Å². The minimum Gasteiger partial charge on any atom is -0.283 e. The average molecular weight is 502 g/mol. The Kier molecular flexibility index (Phi) is 10.1. The van der Waals surface area contributed by atoms with Crippen molar-refractivity contribution in [2.45, 2.75) is 73.4 Å². The SMILES string of the molecule is O=S(=O)(O)C(F)C(F)(F)C(F)C(F)C(F)C(F)C(F)C(F)C(F)C(F)C(F)C(F)F. The van der Waals surface area contributed by atoms with E-state index in [4.69, 9.17) is 4.55 Å². The Labute approximate surface area is 159 Å². The predicted molar refractivity (Wildman–Crippen MR) is 71.5 cm³/mol. The molecule has 0 aliphatic carbocycles. The quantitative estimate of drug-likeness (QED) is 0.323. The van der Waals surface area contributed by atoms with Gasteiger partial charge in [0.05, 0.1) is 0 Å². The van der Waals surface area contributed by atoms with Gasteiger partial charge in [-0.05, 0) is 0 Å². The smallest absolute Gasteiger partial charge is 0.283 e. The Morgan fingerprint density at radius 1 is 0.533 bits per heavy atom. The summed E-state index contributed by atoms with van der Waals surface area (Å²) in [5, 5.41) is 0. The summed E-state index contributed by atoms with van der Waals surface area (Å²) in [6.07, 6.45) is -44.0. The van der Waals surface area contributed by atoms with Crippen LogP contribution in [0.5, 0.6) is 0 Å². The summed E-state index contributed by atoms with van der Waals surface area (Å²) in [6, 6.07) is 0. The fourth-order valence-corrected chi connectivity index (χ4v) is 2.42. The minimum absolute atomic E-state index is 4.06. The molecule has 0 aliphatic heterocycles. The van der Waals surface area contributed by atoms with Crippen molar-refractivity contribution in [3.63, 3.8) is 0 Å². The fraction of sp³-hybridized carbons (Fsp3) is 1.00. The third-order valence-electron chi connectivity index (χ3n) is 3.58. The van der Waals surface area contributed by atoms with Crippen LogP contribution in [-0.4, -0.2) is 86.4 Å². The molecule has 0 heterocycles. The molecule has 0 aromatic rings. The van der Waals surface area contributed by atoms with Crippen molar-refractivity contribution in [2.24, 2.45) is 0 Å². The molecular weight excluding hydrogens is 490 g/mol. The largest absolute Gasteiger partial charge is 0.328 e. The first-order valence-corrected chi connectivity index (χ1v) is 8.83. The minimum atomic E-state index is -6.41. The van der Waals surface area contributed by atoms with Crippen LogP contribution in [0.1, 0.15) is 0 Å². The third kappa shape index (κ3) is 6.46. The molecule has 0 spiro atoms. The van der Waals surface area contributed by atoms with E-state index in [1.54, 1.807) is 0 Å². The van der Waals surface area contributed by atoms with Crippen LogP contribution in [0.4, 0.5) is 61.5 Å². The van der Waals surface area contributed by atoms with E-state index >= 15 is 0 Å². The van der Waals surface area contributed by atoms with Crippen LogP contribution in [0.25, 0.3) is 0 Å². The molecule has 0 aliphatic rings. The molecule has 0 amide bonds. The first-order chi connectivity index (χ1) is 13.3. The van der Waals surface area contributed by atoms with E-state index in [0.717, 1.165) is 0 Å². The highest BCUT2D eigenvalue weighted by Gasteiger charge is 2.61. The molecule has 0 aromatic heterocycles. The summed E-state index contributed by atoms with van der Waals surface area (Å²) in [7, 11) is -6.41. The van der Waals surface area contributed by atoms with Crippen molar-refractivity contribution in [1.29, 1.82) is 0 Å². The van der Waals surface area contributed by atoms with Crippen LogP contribution < -0.4 is 0 Å². The molecular formula is C12H12F14O3S. The normalized spacial score (nSPS) is 23.7. The Morgan fingerprint density at radius 3 is 1.07 bits per heavy atom. The monoisotopic (exact) mass is 502 g/mol. The maximum Gasteiger partial charge on any atom is 0.328 e. The lowest BCUT2D eigenvalue weighted by molar-refractivity contribution is -0.145. The zero-order valence-corrected chi connectivity index (χ0v) is 14.6. The second-order valence-corrected chi connectivity index (χ2v) is 7.24. The topological polar surface area (TPSA) is 54.4 Å². The van der Waals surface area contributed by atoms with E-state index < -0.39 is 83.5 Å². The van der Waals surface area contributed by atoms with Gasteiger partial charge in [-0.1, -0.05) is 0 Å². The van der Waals surface area contributed by atoms with Crippen molar-refractivity contribution in [3.05, 3.63) is 0 Å². The highest BCUT2D eigenvalue weighted by molar-refractivity contribution is 7.86. The van der Waals surface area contributed by atoms with Gasteiger partial charge in [0.15, 0.2) is 49.4 Å². The van der Waals surface area contributed by atoms with Crippen molar-refractivity contribution >= 4 is 10.1 Å². The van der Waals surface area contributed by atoms with Gasteiger partial charge < -0.3 is 0 Å². The van der Waals surface area contributed by atoms with Crippen LogP contribution in [0.3, 0.4) is 0 Å². The first-order valence-electron chi connectivity index (χ1n) is 7.33. The lowest BCUT2D eigenvalue weighted by Crippen LogP contribution is -2.54. The molecule has 182 valence electrons. The Hall–Kier alpha value is -1.07.